The van der Waals surface area contributed by atoms with E-state index in [0.29, 0.717) is 6.54 Å². The van der Waals surface area contributed by atoms with E-state index < -0.39 is 0 Å². The smallest absolute Gasteiger partial charge is 0.134 e. The van der Waals surface area contributed by atoms with Crippen LogP contribution >= 0.6 is 0 Å². The second-order valence-corrected chi connectivity index (χ2v) is 5.05. The Hall–Kier alpha value is -2.56. The van der Waals surface area contributed by atoms with Crippen molar-refractivity contribution in [2.75, 3.05) is 5.32 Å². The number of phenols is 1. The third-order valence-corrected chi connectivity index (χ3v) is 3.52. The maximum atomic E-state index is 9.66. The summed E-state index contributed by atoms with van der Waals surface area (Å²) in [6.45, 7) is 2.76. The standard InChI is InChI=1S/C16H18N4O/c1-3-15-12(10-20(2)19-15)9-18-16-14-8-13(21)5-4-11(14)6-7-17-16/h4-8,10,21H,3,9H2,1-2H3,(H,17,18). The Morgan fingerprint density at radius 3 is 2.95 bits per heavy atom. The lowest BCUT2D eigenvalue weighted by Crippen LogP contribution is -2.03. The molecule has 3 rings (SSSR count). The van der Waals surface area contributed by atoms with Crippen molar-refractivity contribution in [3.05, 3.63) is 47.9 Å². The van der Waals surface area contributed by atoms with Gasteiger partial charge in [-0.3, -0.25) is 4.68 Å². The molecule has 3 aromatic rings. The predicted molar refractivity (Wildman–Crippen MR) is 83.3 cm³/mol. The van der Waals surface area contributed by atoms with E-state index in [0.717, 1.165) is 28.7 Å². The molecule has 0 unspecified atom stereocenters. The van der Waals surface area contributed by atoms with Gasteiger partial charge in [0, 0.05) is 36.9 Å². The first-order chi connectivity index (χ1) is 10.2. The van der Waals surface area contributed by atoms with Gasteiger partial charge < -0.3 is 10.4 Å². The van der Waals surface area contributed by atoms with Gasteiger partial charge in [-0.15, -0.1) is 0 Å². The number of hydrogen-bond donors (Lipinski definition) is 2. The van der Waals surface area contributed by atoms with Gasteiger partial charge >= 0.3 is 0 Å². The van der Waals surface area contributed by atoms with Gasteiger partial charge in [-0.05, 0) is 30.0 Å². The number of aryl methyl sites for hydroxylation is 2. The molecule has 0 saturated carbocycles. The highest BCUT2D eigenvalue weighted by Crippen LogP contribution is 2.25. The third-order valence-electron chi connectivity index (χ3n) is 3.52. The van der Waals surface area contributed by atoms with Crippen molar-refractivity contribution in [1.29, 1.82) is 0 Å². The number of aromatic hydroxyl groups is 1. The number of nitrogens with one attached hydrogen (secondary N) is 1. The summed E-state index contributed by atoms with van der Waals surface area (Å²) in [5.74, 6) is 1.02. The van der Waals surface area contributed by atoms with Crippen LogP contribution in [0.15, 0.2) is 36.7 Å². The van der Waals surface area contributed by atoms with Gasteiger partial charge in [-0.2, -0.15) is 5.10 Å². The summed E-state index contributed by atoms with van der Waals surface area (Å²) in [7, 11) is 1.93. The highest BCUT2D eigenvalue weighted by Gasteiger charge is 2.08. The van der Waals surface area contributed by atoms with Crippen LogP contribution in [-0.4, -0.2) is 19.9 Å². The fourth-order valence-corrected chi connectivity index (χ4v) is 2.51. The van der Waals surface area contributed by atoms with Gasteiger partial charge in [0.1, 0.15) is 11.6 Å². The average Bonchev–Trinajstić information content (AvgIpc) is 2.85. The van der Waals surface area contributed by atoms with Crippen LogP contribution in [0.4, 0.5) is 5.82 Å². The van der Waals surface area contributed by atoms with Crippen LogP contribution in [0.25, 0.3) is 10.8 Å². The zero-order valence-electron chi connectivity index (χ0n) is 12.2. The largest absolute Gasteiger partial charge is 0.508 e. The van der Waals surface area contributed by atoms with Crippen molar-refractivity contribution in [2.24, 2.45) is 7.05 Å². The summed E-state index contributed by atoms with van der Waals surface area (Å²) in [6.07, 6.45) is 4.70. The van der Waals surface area contributed by atoms with E-state index in [1.54, 1.807) is 18.3 Å². The number of rotatable bonds is 4. The molecule has 2 heterocycles. The lowest BCUT2D eigenvalue weighted by Gasteiger charge is -2.09. The van der Waals surface area contributed by atoms with Crippen molar-refractivity contribution >= 4 is 16.6 Å². The van der Waals surface area contributed by atoms with E-state index in [1.165, 1.54) is 5.56 Å². The molecule has 0 saturated heterocycles. The topological polar surface area (TPSA) is 63.0 Å². The van der Waals surface area contributed by atoms with Gasteiger partial charge in [0.05, 0.1) is 5.69 Å². The minimum atomic E-state index is 0.245. The van der Waals surface area contributed by atoms with Crippen molar-refractivity contribution in [3.8, 4) is 5.75 Å². The molecule has 1 aromatic carbocycles. The molecule has 0 bridgehead atoms. The summed E-state index contributed by atoms with van der Waals surface area (Å²) in [6, 6.07) is 7.23. The summed E-state index contributed by atoms with van der Waals surface area (Å²) in [5.41, 5.74) is 2.26. The zero-order chi connectivity index (χ0) is 14.8. The quantitative estimate of drug-likeness (QED) is 0.772. The molecule has 5 heteroatoms. The van der Waals surface area contributed by atoms with Crippen LogP contribution in [0.2, 0.25) is 0 Å². The lowest BCUT2D eigenvalue weighted by atomic mass is 10.1. The fourth-order valence-electron chi connectivity index (χ4n) is 2.51. The fraction of sp³-hybridized carbons (Fsp3) is 0.250. The van der Waals surface area contributed by atoms with Gasteiger partial charge in [0.25, 0.3) is 0 Å². The molecule has 2 N–H and O–H groups in total. The number of phenolic OH excluding ortho intramolecular Hbond substituents is 1. The Kier molecular flexibility index (Phi) is 3.48. The first kappa shape index (κ1) is 13.4. The van der Waals surface area contributed by atoms with E-state index in [4.69, 9.17) is 0 Å². The summed E-state index contributed by atoms with van der Waals surface area (Å²) < 4.78 is 1.83. The van der Waals surface area contributed by atoms with Crippen LogP contribution in [0.3, 0.4) is 0 Å². The molecule has 0 aliphatic heterocycles. The van der Waals surface area contributed by atoms with E-state index in [9.17, 15) is 5.11 Å². The van der Waals surface area contributed by atoms with E-state index in [1.807, 2.05) is 30.1 Å². The van der Waals surface area contributed by atoms with Gasteiger partial charge in [0.15, 0.2) is 0 Å². The Morgan fingerprint density at radius 1 is 1.29 bits per heavy atom. The number of anilines is 1. The zero-order valence-corrected chi connectivity index (χ0v) is 12.2. The maximum Gasteiger partial charge on any atom is 0.134 e. The number of pyridine rings is 1. The highest BCUT2D eigenvalue weighted by molar-refractivity contribution is 5.92. The van der Waals surface area contributed by atoms with Crippen molar-refractivity contribution in [2.45, 2.75) is 19.9 Å². The van der Waals surface area contributed by atoms with Gasteiger partial charge in [0.2, 0.25) is 0 Å². The molecule has 0 aliphatic carbocycles. The monoisotopic (exact) mass is 282 g/mol. The molecular weight excluding hydrogens is 264 g/mol. The minimum absolute atomic E-state index is 0.245. The summed E-state index contributed by atoms with van der Waals surface area (Å²) in [4.78, 5) is 4.38. The van der Waals surface area contributed by atoms with Gasteiger partial charge in [-0.25, -0.2) is 4.98 Å². The lowest BCUT2D eigenvalue weighted by molar-refractivity contribution is 0.476. The third kappa shape index (κ3) is 2.67. The number of hydrogen-bond acceptors (Lipinski definition) is 4. The van der Waals surface area contributed by atoms with Crippen molar-refractivity contribution in [1.82, 2.24) is 14.8 Å². The summed E-state index contributed by atoms with van der Waals surface area (Å²) >= 11 is 0. The van der Waals surface area contributed by atoms with E-state index in [2.05, 4.69) is 22.3 Å². The number of fused-ring (bicyclic) bond motifs is 1. The molecule has 0 aliphatic rings. The predicted octanol–water partition coefficient (Wildman–Crippen LogP) is 2.85. The molecular formula is C16H18N4O. The van der Waals surface area contributed by atoms with Crippen LogP contribution in [0.5, 0.6) is 5.75 Å². The summed E-state index contributed by atoms with van der Waals surface area (Å²) in [5, 5.41) is 19.4. The maximum absolute atomic E-state index is 9.66. The molecule has 0 spiro atoms. The molecule has 5 nitrogen and oxygen atoms in total. The molecule has 108 valence electrons. The van der Waals surface area contributed by atoms with Crippen molar-refractivity contribution in [3.63, 3.8) is 0 Å². The van der Waals surface area contributed by atoms with E-state index >= 15 is 0 Å². The minimum Gasteiger partial charge on any atom is -0.508 e. The molecule has 0 atom stereocenters. The Balaban J connectivity index is 1.89. The van der Waals surface area contributed by atoms with Gasteiger partial charge in [-0.1, -0.05) is 13.0 Å². The van der Waals surface area contributed by atoms with Crippen LogP contribution in [-0.2, 0) is 20.0 Å². The second kappa shape index (κ2) is 5.44. The Bertz CT molecular complexity index is 779. The molecule has 21 heavy (non-hydrogen) atoms. The SMILES string of the molecule is CCc1nn(C)cc1CNc1nccc2ccc(O)cc12. The van der Waals surface area contributed by atoms with Crippen molar-refractivity contribution < 1.29 is 5.11 Å². The first-order valence-electron chi connectivity index (χ1n) is 7.00. The Labute approximate surface area is 123 Å². The molecule has 0 fully saturated rings. The van der Waals surface area contributed by atoms with Crippen LogP contribution < -0.4 is 5.32 Å². The molecule has 0 amide bonds. The molecule has 2 aromatic heterocycles. The average molecular weight is 282 g/mol. The number of nitrogens with zero attached hydrogens (tertiary/aromatic N) is 3. The molecule has 0 radical (unpaired) electrons. The van der Waals surface area contributed by atoms with Crippen LogP contribution in [0, 0.1) is 0 Å². The Morgan fingerprint density at radius 2 is 2.14 bits per heavy atom. The highest BCUT2D eigenvalue weighted by atomic mass is 16.3. The first-order valence-corrected chi connectivity index (χ1v) is 7.00. The normalized spacial score (nSPS) is 11.0. The second-order valence-electron chi connectivity index (χ2n) is 5.05. The van der Waals surface area contributed by atoms with Crippen LogP contribution in [0.1, 0.15) is 18.2 Å². The van der Waals surface area contributed by atoms with E-state index in [-0.39, 0.29) is 5.75 Å². The number of benzene rings is 1. The number of aromatic nitrogens is 3.